The van der Waals surface area contributed by atoms with Crippen LogP contribution in [0.5, 0.6) is 0 Å². The summed E-state index contributed by atoms with van der Waals surface area (Å²) in [6.07, 6.45) is 8.63. The van der Waals surface area contributed by atoms with Crippen LogP contribution in [0.2, 0.25) is 0 Å². The first-order chi connectivity index (χ1) is 15.1. The van der Waals surface area contributed by atoms with Gasteiger partial charge in [0.25, 0.3) is 5.91 Å². The summed E-state index contributed by atoms with van der Waals surface area (Å²) in [5, 5.41) is 12.9. The minimum atomic E-state index is -0.949. The van der Waals surface area contributed by atoms with Gasteiger partial charge in [0.15, 0.2) is 0 Å². The zero-order valence-electron chi connectivity index (χ0n) is 20.3. The van der Waals surface area contributed by atoms with Crippen molar-refractivity contribution in [2.75, 3.05) is 6.54 Å². The zero-order valence-corrected chi connectivity index (χ0v) is 20.3. The van der Waals surface area contributed by atoms with Crippen molar-refractivity contribution in [3.05, 3.63) is 34.9 Å². The van der Waals surface area contributed by atoms with Crippen LogP contribution in [0, 0.1) is 19.8 Å². The monoisotopic (exact) mass is 438 g/mol. The quantitative estimate of drug-likeness (QED) is 0.657. The Morgan fingerprint density at radius 2 is 1.88 bits per heavy atom. The Morgan fingerprint density at radius 1 is 1.19 bits per heavy atom. The average molecular weight is 439 g/mol. The first-order valence-electron chi connectivity index (χ1n) is 12.1. The molecule has 2 heterocycles. The highest BCUT2D eigenvalue weighted by Gasteiger charge is 2.42. The number of carbonyl (C=O) groups is 1. The van der Waals surface area contributed by atoms with Crippen LogP contribution in [-0.2, 0) is 12.0 Å². The number of nitrogens with zero attached hydrogens (tertiary/aromatic N) is 3. The largest absolute Gasteiger partial charge is 0.389 e. The van der Waals surface area contributed by atoms with Crippen molar-refractivity contribution in [2.24, 2.45) is 5.92 Å². The summed E-state index contributed by atoms with van der Waals surface area (Å²) in [7, 11) is 0. The van der Waals surface area contributed by atoms with Gasteiger partial charge in [-0.05, 0) is 71.4 Å². The molecule has 0 aliphatic heterocycles. The molecule has 0 unspecified atom stereocenters. The summed E-state index contributed by atoms with van der Waals surface area (Å²) in [5.41, 5.74) is 3.64. The van der Waals surface area contributed by atoms with Crippen LogP contribution in [0.25, 0.3) is 11.4 Å². The van der Waals surface area contributed by atoms with E-state index in [9.17, 15) is 9.90 Å². The molecule has 2 N–H and O–H groups in total. The number of hydrogen-bond acceptors (Lipinski definition) is 4. The maximum Gasteiger partial charge on any atom is 0.253 e. The lowest BCUT2D eigenvalue weighted by atomic mass is 9.89. The van der Waals surface area contributed by atoms with E-state index in [4.69, 9.17) is 9.97 Å². The highest BCUT2D eigenvalue weighted by molar-refractivity contribution is 5.96. The lowest BCUT2D eigenvalue weighted by Gasteiger charge is -2.24. The van der Waals surface area contributed by atoms with Gasteiger partial charge in [-0.1, -0.05) is 26.2 Å². The van der Waals surface area contributed by atoms with E-state index < -0.39 is 5.60 Å². The van der Waals surface area contributed by atoms with Gasteiger partial charge in [-0.15, -0.1) is 0 Å². The fourth-order valence-electron chi connectivity index (χ4n) is 4.72. The minimum absolute atomic E-state index is 0.0868. The smallest absolute Gasteiger partial charge is 0.253 e. The third kappa shape index (κ3) is 5.06. The standard InChI is InChI=1S/C26H38N4O2/c1-17-13-21(29-24(28-17)26(5)11-12-26)22-14-20(23(31)27-16-25(3,4)32)18(2)30(22)15-19-9-7-6-8-10-19/h13-14,19,32H,6-12,15-16H2,1-5H3,(H,27,31). The highest BCUT2D eigenvalue weighted by Crippen LogP contribution is 2.46. The van der Waals surface area contributed by atoms with Gasteiger partial charge >= 0.3 is 0 Å². The van der Waals surface area contributed by atoms with Crippen molar-refractivity contribution in [1.82, 2.24) is 19.9 Å². The molecule has 174 valence electrons. The van der Waals surface area contributed by atoms with Crippen molar-refractivity contribution in [1.29, 1.82) is 0 Å². The lowest BCUT2D eigenvalue weighted by Crippen LogP contribution is -2.38. The van der Waals surface area contributed by atoms with Crippen LogP contribution < -0.4 is 5.32 Å². The van der Waals surface area contributed by atoms with Gasteiger partial charge < -0.3 is 15.0 Å². The fraction of sp³-hybridized carbons (Fsp3) is 0.654. The first-order valence-corrected chi connectivity index (χ1v) is 12.1. The highest BCUT2D eigenvalue weighted by atomic mass is 16.3. The average Bonchev–Trinajstić information content (AvgIpc) is 3.41. The molecule has 6 heteroatoms. The summed E-state index contributed by atoms with van der Waals surface area (Å²) < 4.78 is 2.30. The van der Waals surface area contributed by atoms with Gasteiger partial charge in [-0.25, -0.2) is 9.97 Å². The zero-order chi connectivity index (χ0) is 23.1. The predicted octanol–water partition coefficient (Wildman–Crippen LogP) is 4.69. The van der Waals surface area contributed by atoms with E-state index in [2.05, 4.69) is 16.8 Å². The lowest BCUT2D eigenvalue weighted by molar-refractivity contribution is 0.0694. The van der Waals surface area contributed by atoms with E-state index in [0.29, 0.717) is 11.5 Å². The van der Waals surface area contributed by atoms with E-state index in [0.717, 1.165) is 48.0 Å². The second-order valence-corrected chi connectivity index (χ2v) is 10.9. The van der Waals surface area contributed by atoms with Gasteiger partial charge in [-0.3, -0.25) is 4.79 Å². The van der Waals surface area contributed by atoms with Gasteiger partial charge in [0.05, 0.1) is 22.6 Å². The van der Waals surface area contributed by atoms with E-state index in [1.54, 1.807) is 13.8 Å². The number of aryl methyl sites for hydroxylation is 1. The van der Waals surface area contributed by atoms with Gasteiger partial charge in [0, 0.05) is 29.9 Å². The molecule has 6 nitrogen and oxygen atoms in total. The molecule has 4 rings (SSSR count). The van der Waals surface area contributed by atoms with Crippen LogP contribution in [0.4, 0.5) is 0 Å². The number of aliphatic hydroxyl groups is 1. The summed E-state index contributed by atoms with van der Waals surface area (Å²) in [6, 6.07) is 4.03. The van der Waals surface area contributed by atoms with Crippen molar-refractivity contribution in [2.45, 2.75) is 97.1 Å². The van der Waals surface area contributed by atoms with E-state index in [1.807, 2.05) is 26.0 Å². The fourth-order valence-corrected chi connectivity index (χ4v) is 4.72. The third-order valence-electron chi connectivity index (χ3n) is 7.11. The van der Waals surface area contributed by atoms with Crippen LogP contribution in [0.3, 0.4) is 0 Å². The van der Waals surface area contributed by atoms with Gasteiger partial charge in [0.1, 0.15) is 5.82 Å². The van der Waals surface area contributed by atoms with Crippen LogP contribution in [0.15, 0.2) is 12.1 Å². The number of carbonyl (C=O) groups excluding carboxylic acids is 1. The number of nitrogens with one attached hydrogen (secondary N) is 1. The predicted molar refractivity (Wildman–Crippen MR) is 127 cm³/mol. The molecule has 2 aliphatic rings. The molecule has 0 atom stereocenters. The summed E-state index contributed by atoms with van der Waals surface area (Å²) in [6.45, 7) is 10.8. The maximum absolute atomic E-state index is 13.0. The second kappa shape index (κ2) is 8.62. The topological polar surface area (TPSA) is 80.0 Å². The molecular weight excluding hydrogens is 400 g/mol. The molecule has 2 aliphatic carbocycles. The Balaban J connectivity index is 1.73. The van der Waals surface area contributed by atoms with Crippen molar-refractivity contribution in [3.8, 4) is 11.4 Å². The Morgan fingerprint density at radius 3 is 2.50 bits per heavy atom. The number of aromatic nitrogens is 3. The summed E-state index contributed by atoms with van der Waals surface area (Å²) >= 11 is 0. The maximum atomic E-state index is 13.0. The minimum Gasteiger partial charge on any atom is -0.389 e. The van der Waals surface area contributed by atoms with E-state index in [1.165, 1.54) is 32.1 Å². The van der Waals surface area contributed by atoms with E-state index in [-0.39, 0.29) is 17.9 Å². The molecule has 0 bridgehead atoms. The Bertz CT molecular complexity index is 992. The van der Waals surface area contributed by atoms with Crippen LogP contribution in [-0.4, -0.2) is 37.7 Å². The molecule has 32 heavy (non-hydrogen) atoms. The van der Waals surface area contributed by atoms with Gasteiger partial charge in [0.2, 0.25) is 0 Å². The van der Waals surface area contributed by atoms with Crippen molar-refractivity contribution >= 4 is 5.91 Å². The Labute approximate surface area is 191 Å². The molecule has 0 radical (unpaired) electrons. The number of hydrogen-bond donors (Lipinski definition) is 2. The molecule has 2 saturated carbocycles. The molecule has 0 saturated heterocycles. The third-order valence-corrected chi connectivity index (χ3v) is 7.11. The Hall–Kier alpha value is -2.21. The molecule has 0 aromatic carbocycles. The number of amides is 1. The number of rotatable bonds is 7. The SMILES string of the molecule is Cc1cc(-c2cc(C(=O)NCC(C)(C)O)c(C)n2CC2CCCCC2)nc(C2(C)CC2)n1. The van der Waals surface area contributed by atoms with Crippen LogP contribution in [0.1, 0.15) is 93.3 Å². The van der Waals surface area contributed by atoms with Gasteiger partial charge in [-0.2, -0.15) is 0 Å². The van der Waals surface area contributed by atoms with Crippen LogP contribution >= 0.6 is 0 Å². The van der Waals surface area contributed by atoms with Crippen molar-refractivity contribution < 1.29 is 9.90 Å². The molecular formula is C26H38N4O2. The molecule has 2 aromatic rings. The van der Waals surface area contributed by atoms with E-state index >= 15 is 0 Å². The first kappa shape index (κ1) is 23.0. The molecule has 2 aromatic heterocycles. The normalized spacial score (nSPS) is 18.6. The second-order valence-electron chi connectivity index (χ2n) is 10.9. The molecule has 1 amide bonds. The Kier molecular flexibility index (Phi) is 6.19. The summed E-state index contributed by atoms with van der Waals surface area (Å²) in [5.74, 6) is 1.40. The molecule has 2 fully saturated rings. The van der Waals surface area contributed by atoms with Crippen molar-refractivity contribution in [3.63, 3.8) is 0 Å². The molecule has 0 spiro atoms. The summed E-state index contributed by atoms with van der Waals surface area (Å²) in [4.78, 5) is 22.8.